The van der Waals surface area contributed by atoms with Crippen LogP contribution < -0.4 is 14.9 Å². The first kappa shape index (κ1) is 17.9. The molecule has 1 aliphatic rings. The number of amides is 1. The summed E-state index contributed by atoms with van der Waals surface area (Å²) in [7, 11) is 1.64. The first-order valence-corrected chi connectivity index (χ1v) is 9.55. The second-order valence-electron chi connectivity index (χ2n) is 6.08. The van der Waals surface area contributed by atoms with Crippen molar-refractivity contribution in [2.24, 2.45) is 10.2 Å². The van der Waals surface area contributed by atoms with Crippen LogP contribution in [0.1, 0.15) is 5.56 Å². The first-order valence-electron chi connectivity index (χ1n) is 8.67. The van der Waals surface area contributed by atoms with Crippen molar-refractivity contribution < 1.29 is 9.53 Å². The molecule has 1 aromatic heterocycles. The number of aromatic nitrogens is 1. The van der Waals surface area contributed by atoms with Gasteiger partial charge in [-0.05, 0) is 35.9 Å². The first-order chi connectivity index (χ1) is 13.7. The Balaban J connectivity index is 1.77. The number of thiazole rings is 1. The second kappa shape index (κ2) is 7.66. The van der Waals surface area contributed by atoms with Gasteiger partial charge in [-0.25, -0.2) is 0 Å². The van der Waals surface area contributed by atoms with Gasteiger partial charge in [-0.3, -0.25) is 4.79 Å². The van der Waals surface area contributed by atoms with Crippen molar-refractivity contribution in [3.63, 3.8) is 0 Å². The number of methoxy groups -OCH3 is 1. The Morgan fingerprint density at radius 1 is 1.18 bits per heavy atom. The third-order valence-electron chi connectivity index (χ3n) is 4.38. The van der Waals surface area contributed by atoms with Crippen LogP contribution in [0.4, 0.5) is 5.69 Å². The highest BCUT2D eigenvalue weighted by atomic mass is 32.1. The van der Waals surface area contributed by atoms with E-state index in [-0.39, 0.29) is 5.91 Å². The lowest BCUT2D eigenvalue weighted by Crippen LogP contribution is -2.17. The summed E-state index contributed by atoms with van der Waals surface area (Å²) < 4.78 is 7.24. The summed E-state index contributed by atoms with van der Waals surface area (Å²) >= 11 is 1.47. The minimum atomic E-state index is -0.243. The van der Waals surface area contributed by atoms with Crippen molar-refractivity contribution in [3.05, 3.63) is 76.9 Å². The Kier molecular flexibility index (Phi) is 4.90. The second-order valence-corrected chi connectivity index (χ2v) is 6.92. The van der Waals surface area contributed by atoms with Crippen LogP contribution in [0.2, 0.25) is 0 Å². The maximum absolute atomic E-state index is 12.2. The monoisotopic (exact) mass is 390 g/mol. The standard InChI is InChI=1S/C21H18N4O2S/c1-3-12-25-18(14-8-10-15(27-2)11-9-14)13-28-21(25)24-23-19-16-6-4-5-7-17(16)22-20(19)26/h3-11,13H,1,12H2,2H3,(H,22,23,26)/b24-21-. The lowest BCUT2D eigenvalue weighted by molar-refractivity contribution is -0.110. The van der Waals surface area contributed by atoms with Crippen LogP contribution in [-0.4, -0.2) is 23.3 Å². The van der Waals surface area contributed by atoms with E-state index in [1.807, 2.05) is 64.6 Å². The van der Waals surface area contributed by atoms with E-state index in [2.05, 4.69) is 22.1 Å². The maximum atomic E-state index is 12.2. The molecule has 0 radical (unpaired) electrons. The third kappa shape index (κ3) is 3.27. The Labute approximate surface area is 166 Å². The summed E-state index contributed by atoms with van der Waals surface area (Å²) in [6.45, 7) is 4.42. The zero-order valence-corrected chi connectivity index (χ0v) is 16.1. The molecule has 3 aromatic rings. The number of anilines is 1. The number of para-hydroxylation sites is 1. The summed E-state index contributed by atoms with van der Waals surface area (Å²) in [6.07, 6.45) is 1.81. The van der Waals surface area contributed by atoms with Crippen molar-refractivity contribution in [1.82, 2.24) is 4.57 Å². The van der Waals surface area contributed by atoms with E-state index >= 15 is 0 Å². The van der Waals surface area contributed by atoms with Crippen molar-refractivity contribution in [2.75, 3.05) is 12.4 Å². The zero-order chi connectivity index (χ0) is 19.5. The molecule has 0 fully saturated rings. The van der Waals surface area contributed by atoms with Crippen LogP contribution in [-0.2, 0) is 11.3 Å². The molecule has 0 atom stereocenters. The fourth-order valence-electron chi connectivity index (χ4n) is 3.00. The number of fused-ring (bicyclic) bond motifs is 1. The number of nitrogens with one attached hydrogen (secondary N) is 1. The average molecular weight is 390 g/mol. The minimum absolute atomic E-state index is 0.243. The predicted molar refractivity (Wildman–Crippen MR) is 112 cm³/mol. The SMILES string of the molecule is C=CCn1c(-c2ccc(OC)cc2)cs/c1=N\N=C1/C(=O)Nc2ccccc21. The fraction of sp³-hybridized carbons (Fsp3) is 0.0952. The van der Waals surface area contributed by atoms with Crippen LogP contribution in [0.3, 0.4) is 0 Å². The molecule has 0 bridgehead atoms. The molecule has 4 rings (SSSR count). The molecule has 2 heterocycles. The summed E-state index contributed by atoms with van der Waals surface area (Å²) in [5.41, 5.74) is 3.88. The minimum Gasteiger partial charge on any atom is -0.497 e. The Hall–Kier alpha value is -3.45. The molecule has 140 valence electrons. The van der Waals surface area contributed by atoms with Gasteiger partial charge in [0.2, 0.25) is 4.80 Å². The van der Waals surface area contributed by atoms with Crippen LogP contribution in [0.25, 0.3) is 11.3 Å². The van der Waals surface area contributed by atoms with Gasteiger partial charge in [-0.1, -0.05) is 24.3 Å². The number of allylic oxidation sites excluding steroid dienone is 1. The fourth-order valence-corrected chi connectivity index (χ4v) is 3.87. The predicted octanol–water partition coefficient (Wildman–Crippen LogP) is 3.67. The van der Waals surface area contributed by atoms with Gasteiger partial charge in [-0.15, -0.1) is 28.1 Å². The topological polar surface area (TPSA) is 68.0 Å². The molecule has 0 saturated carbocycles. The Morgan fingerprint density at radius 2 is 1.96 bits per heavy atom. The van der Waals surface area contributed by atoms with Crippen LogP contribution in [0.15, 0.2) is 76.8 Å². The lowest BCUT2D eigenvalue weighted by atomic mass is 10.1. The van der Waals surface area contributed by atoms with Crippen molar-refractivity contribution in [3.8, 4) is 17.0 Å². The number of benzene rings is 2. The van der Waals surface area contributed by atoms with E-state index < -0.39 is 0 Å². The van der Waals surface area contributed by atoms with E-state index in [0.717, 1.165) is 28.3 Å². The summed E-state index contributed by atoms with van der Waals surface area (Å²) in [4.78, 5) is 12.9. The molecule has 1 N–H and O–H groups in total. The van der Waals surface area contributed by atoms with Gasteiger partial charge < -0.3 is 14.6 Å². The molecule has 1 amide bonds. The van der Waals surface area contributed by atoms with Crippen molar-refractivity contribution >= 4 is 28.6 Å². The van der Waals surface area contributed by atoms with Gasteiger partial charge in [0, 0.05) is 17.5 Å². The molecule has 0 aliphatic carbocycles. The summed E-state index contributed by atoms with van der Waals surface area (Å²) in [5.74, 6) is 0.559. The molecule has 28 heavy (non-hydrogen) atoms. The van der Waals surface area contributed by atoms with E-state index in [1.54, 1.807) is 7.11 Å². The number of carbonyl (C=O) groups excluding carboxylic acids is 1. The number of hydrogen-bond donors (Lipinski definition) is 1. The van der Waals surface area contributed by atoms with Gasteiger partial charge in [0.15, 0.2) is 5.71 Å². The van der Waals surface area contributed by atoms with E-state index in [4.69, 9.17) is 4.74 Å². The quantitative estimate of drug-likeness (QED) is 0.534. The van der Waals surface area contributed by atoms with Crippen molar-refractivity contribution in [1.29, 1.82) is 0 Å². The van der Waals surface area contributed by atoms with Crippen LogP contribution in [0.5, 0.6) is 5.75 Å². The van der Waals surface area contributed by atoms with Gasteiger partial charge >= 0.3 is 0 Å². The van der Waals surface area contributed by atoms with Gasteiger partial charge in [-0.2, -0.15) is 0 Å². The number of nitrogens with zero attached hydrogens (tertiary/aromatic N) is 3. The van der Waals surface area contributed by atoms with Gasteiger partial charge in [0.1, 0.15) is 5.75 Å². The molecule has 6 nitrogen and oxygen atoms in total. The highest BCUT2D eigenvalue weighted by Gasteiger charge is 2.25. The summed E-state index contributed by atoms with van der Waals surface area (Å²) in [5, 5.41) is 13.5. The third-order valence-corrected chi connectivity index (χ3v) is 5.23. The highest BCUT2D eigenvalue weighted by molar-refractivity contribution is 7.07. The molecule has 0 unspecified atom stereocenters. The largest absolute Gasteiger partial charge is 0.497 e. The number of rotatable bonds is 5. The normalized spacial score (nSPS) is 14.8. The smallest absolute Gasteiger partial charge is 0.276 e. The Morgan fingerprint density at radius 3 is 2.71 bits per heavy atom. The van der Waals surface area contributed by atoms with E-state index in [1.165, 1.54) is 11.3 Å². The molecule has 2 aromatic carbocycles. The molecular formula is C21H18N4O2S. The maximum Gasteiger partial charge on any atom is 0.276 e. The molecule has 0 spiro atoms. The molecule has 1 aliphatic heterocycles. The van der Waals surface area contributed by atoms with Crippen LogP contribution in [0, 0.1) is 0 Å². The molecule has 0 saturated heterocycles. The Bertz CT molecular complexity index is 1140. The van der Waals surface area contributed by atoms with Gasteiger partial charge in [0.05, 0.1) is 18.5 Å². The summed E-state index contributed by atoms with van der Waals surface area (Å²) in [6, 6.07) is 15.3. The lowest BCUT2D eigenvalue weighted by Gasteiger charge is -2.07. The highest BCUT2D eigenvalue weighted by Crippen LogP contribution is 2.24. The number of hydrogen-bond acceptors (Lipinski definition) is 5. The van der Waals surface area contributed by atoms with E-state index in [0.29, 0.717) is 17.1 Å². The average Bonchev–Trinajstić information content (AvgIpc) is 3.27. The van der Waals surface area contributed by atoms with Gasteiger partial charge in [0.25, 0.3) is 5.91 Å². The molecular weight excluding hydrogens is 372 g/mol. The number of carbonyl (C=O) groups is 1. The van der Waals surface area contributed by atoms with Crippen LogP contribution >= 0.6 is 11.3 Å². The van der Waals surface area contributed by atoms with Crippen molar-refractivity contribution in [2.45, 2.75) is 6.54 Å². The zero-order valence-electron chi connectivity index (χ0n) is 15.3. The molecule has 7 heteroatoms. The van der Waals surface area contributed by atoms with E-state index in [9.17, 15) is 4.79 Å². The number of ether oxygens (including phenoxy) is 1.